The number of hydrogen-bond acceptors (Lipinski definition) is 7. The maximum atomic E-state index is 13.0. The number of ether oxygens (including phenoxy) is 2. The summed E-state index contributed by atoms with van der Waals surface area (Å²) in [6.45, 7) is 4.73. The van der Waals surface area contributed by atoms with Gasteiger partial charge in [-0.15, -0.1) is 0 Å². The summed E-state index contributed by atoms with van der Waals surface area (Å²) in [5.41, 5.74) is 2.37. The molecular formula is C20H16N4O4. The van der Waals surface area contributed by atoms with Crippen molar-refractivity contribution >= 4 is 11.0 Å². The zero-order valence-electron chi connectivity index (χ0n) is 15.3. The summed E-state index contributed by atoms with van der Waals surface area (Å²) in [6, 6.07) is 9.00. The number of benzene rings is 1. The van der Waals surface area contributed by atoms with Crippen molar-refractivity contribution in [1.29, 1.82) is 0 Å². The second kappa shape index (κ2) is 6.19. The Morgan fingerprint density at radius 2 is 1.96 bits per heavy atom. The van der Waals surface area contributed by atoms with E-state index in [1.807, 2.05) is 30.5 Å². The van der Waals surface area contributed by atoms with Crippen molar-refractivity contribution in [3.8, 4) is 34.3 Å². The van der Waals surface area contributed by atoms with E-state index in [4.69, 9.17) is 14.0 Å². The van der Waals surface area contributed by atoms with Crippen LogP contribution in [0.1, 0.15) is 12.6 Å². The molecule has 0 amide bonds. The first-order valence-electron chi connectivity index (χ1n) is 8.89. The molecule has 0 saturated heterocycles. The van der Waals surface area contributed by atoms with Crippen molar-refractivity contribution in [2.75, 3.05) is 6.79 Å². The molecule has 0 bridgehead atoms. The summed E-state index contributed by atoms with van der Waals surface area (Å²) >= 11 is 0. The molecular weight excluding hydrogens is 360 g/mol. The quantitative estimate of drug-likeness (QED) is 0.542. The largest absolute Gasteiger partial charge is 0.454 e. The standard InChI is InChI=1S/C20H16N4O4/c1-3-24-9-14(17(25)13-6-4-11(2)21-19(13)24)20-22-18(23-28-20)12-5-7-15-16(8-12)27-10-26-15/h4-9H,3,10H2,1-2H3. The van der Waals surface area contributed by atoms with Crippen LogP contribution in [0, 0.1) is 6.92 Å². The maximum absolute atomic E-state index is 13.0. The molecule has 8 nitrogen and oxygen atoms in total. The minimum Gasteiger partial charge on any atom is -0.454 e. The van der Waals surface area contributed by atoms with Crippen LogP contribution in [0.15, 0.2) is 45.8 Å². The Bertz CT molecular complexity index is 1280. The van der Waals surface area contributed by atoms with Crippen LogP contribution in [-0.4, -0.2) is 26.5 Å². The smallest absolute Gasteiger partial charge is 0.263 e. The lowest BCUT2D eigenvalue weighted by atomic mass is 10.1. The molecule has 4 aromatic rings. The molecule has 1 aliphatic rings. The average molecular weight is 376 g/mol. The van der Waals surface area contributed by atoms with Gasteiger partial charge in [0, 0.05) is 24.0 Å². The Balaban J connectivity index is 1.63. The summed E-state index contributed by atoms with van der Waals surface area (Å²) in [7, 11) is 0. The van der Waals surface area contributed by atoms with E-state index >= 15 is 0 Å². The third kappa shape index (κ3) is 2.53. The van der Waals surface area contributed by atoms with Gasteiger partial charge in [-0.1, -0.05) is 5.16 Å². The van der Waals surface area contributed by atoms with E-state index in [-0.39, 0.29) is 18.1 Å². The van der Waals surface area contributed by atoms with Gasteiger partial charge in [0.05, 0.1) is 5.39 Å². The predicted molar refractivity (Wildman–Crippen MR) is 101 cm³/mol. The lowest BCUT2D eigenvalue weighted by Gasteiger charge is -2.09. The highest BCUT2D eigenvalue weighted by Gasteiger charge is 2.20. The van der Waals surface area contributed by atoms with Crippen molar-refractivity contribution in [2.24, 2.45) is 0 Å². The molecule has 28 heavy (non-hydrogen) atoms. The van der Waals surface area contributed by atoms with Crippen LogP contribution in [0.4, 0.5) is 0 Å². The molecule has 3 aromatic heterocycles. The molecule has 4 heterocycles. The summed E-state index contributed by atoms with van der Waals surface area (Å²) in [5.74, 6) is 1.85. The zero-order chi connectivity index (χ0) is 19.3. The third-order valence-electron chi connectivity index (χ3n) is 4.69. The molecule has 0 saturated carbocycles. The zero-order valence-corrected chi connectivity index (χ0v) is 15.3. The SMILES string of the molecule is CCn1cc(-c2nc(-c3ccc4c(c3)OCO4)no2)c(=O)c2ccc(C)nc21. The second-order valence-corrected chi connectivity index (χ2v) is 6.47. The van der Waals surface area contributed by atoms with Crippen LogP contribution in [0.25, 0.3) is 33.9 Å². The molecule has 5 rings (SSSR count). The minimum absolute atomic E-state index is 0.169. The van der Waals surface area contributed by atoms with Crippen molar-refractivity contribution in [3.05, 3.63) is 52.4 Å². The normalized spacial score (nSPS) is 12.6. The van der Waals surface area contributed by atoms with Crippen molar-refractivity contribution in [2.45, 2.75) is 20.4 Å². The molecule has 0 unspecified atom stereocenters. The van der Waals surface area contributed by atoms with Gasteiger partial charge in [0.15, 0.2) is 11.5 Å². The van der Waals surface area contributed by atoms with E-state index in [0.717, 1.165) is 5.69 Å². The molecule has 0 aliphatic carbocycles. The summed E-state index contributed by atoms with van der Waals surface area (Å²) in [5, 5.41) is 4.55. The molecule has 0 N–H and O–H groups in total. The van der Waals surface area contributed by atoms with Crippen LogP contribution in [0.5, 0.6) is 11.5 Å². The molecule has 1 aliphatic heterocycles. The van der Waals surface area contributed by atoms with Gasteiger partial charge in [-0.05, 0) is 44.2 Å². The van der Waals surface area contributed by atoms with E-state index in [1.54, 1.807) is 24.4 Å². The van der Waals surface area contributed by atoms with Crippen LogP contribution >= 0.6 is 0 Å². The van der Waals surface area contributed by atoms with E-state index < -0.39 is 0 Å². The van der Waals surface area contributed by atoms with E-state index in [1.165, 1.54) is 0 Å². The van der Waals surface area contributed by atoms with Crippen LogP contribution in [-0.2, 0) is 6.54 Å². The van der Waals surface area contributed by atoms with Crippen molar-refractivity contribution < 1.29 is 14.0 Å². The number of hydrogen-bond donors (Lipinski definition) is 0. The van der Waals surface area contributed by atoms with Gasteiger partial charge in [0.1, 0.15) is 11.2 Å². The Morgan fingerprint density at radius 1 is 1.11 bits per heavy atom. The number of aryl methyl sites for hydroxylation is 2. The fraction of sp³-hybridized carbons (Fsp3) is 0.200. The Hall–Kier alpha value is -3.68. The van der Waals surface area contributed by atoms with Crippen molar-refractivity contribution in [3.63, 3.8) is 0 Å². The Kier molecular flexibility index (Phi) is 3.65. The molecule has 1 aromatic carbocycles. The lowest BCUT2D eigenvalue weighted by Crippen LogP contribution is -2.13. The van der Waals surface area contributed by atoms with Gasteiger partial charge < -0.3 is 18.6 Å². The van der Waals surface area contributed by atoms with E-state index in [9.17, 15) is 4.79 Å². The number of fused-ring (bicyclic) bond motifs is 2. The molecule has 0 radical (unpaired) electrons. The van der Waals surface area contributed by atoms with Crippen LogP contribution in [0.3, 0.4) is 0 Å². The molecule has 8 heteroatoms. The van der Waals surface area contributed by atoms with Gasteiger partial charge >= 0.3 is 0 Å². The first kappa shape index (κ1) is 16.5. The molecule has 0 fully saturated rings. The number of pyridine rings is 2. The fourth-order valence-corrected chi connectivity index (χ4v) is 3.24. The monoisotopic (exact) mass is 376 g/mol. The predicted octanol–water partition coefficient (Wildman–Crippen LogP) is 3.17. The Labute approximate surface area is 159 Å². The maximum Gasteiger partial charge on any atom is 0.263 e. The topological polar surface area (TPSA) is 92.3 Å². The number of nitrogens with zero attached hydrogens (tertiary/aromatic N) is 4. The van der Waals surface area contributed by atoms with Gasteiger partial charge in [-0.25, -0.2) is 4.98 Å². The fourth-order valence-electron chi connectivity index (χ4n) is 3.24. The second-order valence-electron chi connectivity index (χ2n) is 6.47. The average Bonchev–Trinajstić information content (AvgIpc) is 3.37. The number of aromatic nitrogens is 4. The number of rotatable bonds is 3. The summed E-state index contributed by atoms with van der Waals surface area (Å²) < 4.78 is 18.0. The van der Waals surface area contributed by atoms with Gasteiger partial charge in [0.25, 0.3) is 5.89 Å². The summed E-state index contributed by atoms with van der Waals surface area (Å²) in [6.07, 6.45) is 1.72. The van der Waals surface area contributed by atoms with E-state index in [2.05, 4.69) is 15.1 Å². The molecule has 140 valence electrons. The van der Waals surface area contributed by atoms with Crippen LogP contribution < -0.4 is 14.9 Å². The van der Waals surface area contributed by atoms with Gasteiger partial charge in [-0.2, -0.15) is 4.98 Å². The minimum atomic E-state index is -0.187. The highest BCUT2D eigenvalue weighted by atomic mass is 16.7. The van der Waals surface area contributed by atoms with Crippen LogP contribution in [0.2, 0.25) is 0 Å². The highest BCUT2D eigenvalue weighted by Crippen LogP contribution is 2.35. The highest BCUT2D eigenvalue weighted by molar-refractivity contribution is 5.80. The van der Waals surface area contributed by atoms with Crippen molar-refractivity contribution in [1.82, 2.24) is 19.7 Å². The first-order chi connectivity index (χ1) is 13.6. The van der Waals surface area contributed by atoms with E-state index in [0.29, 0.717) is 46.0 Å². The molecule has 0 atom stereocenters. The third-order valence-corrected chi connectivity index (χ3v) is 4.69. The first-order valence-corrected chi connectivity index (χ1v) is 8.89. The van der Waals surface area contributed by atoms with Gasteiger partial charge in [-0.3, -0.25) is 4.79 Å². The Morgan fingerprint density at radius 3 is 2.82 bits per heavy atom. The molecule has 0 spiro atoms. The summed E-state index contributed by atoms with van der Waals surface area (Å²) in [4.78, 5) is 21.9. The van der Waals surface area contributed by atoms with Gasteiger partial charge in [0.2, 0.25) is 18.0 Å². The lowest BCUT2D eigenvalue weighted by molar-refractivity contribution is 0.174.